The quantitative estimate of drug-likeness (QED) is 0.287. The number of methoxy groups -OCH3 is 1. The van der Waals surface area contributed by atoms with Gasteiger partial charge in [-0.2, -0.15) is 0 Å². The first-order valence-corrected chi connectivity index (χ1v) is 13.8. The van der Waals surface area contributed by atoms with Gasteiger partial charge in [0.2, 0.25) is 5.91 Å². The fourth-order valence-electron chi connectivity index (χ4n) is 4.25. The lowest BCUT2D eigenvalue weighted by molar-refractivity contribution is -0.140. The number of rotatable bonds is 13. The highest BCUT2D eigenvalue weighted by atomic mass is 16.6. The Labute approximate surface area is 233 Å². The standard InChI is InChI=1S/C31H45N3O5/c1-8-9-10-11-12-20-34(29(36)23(3)32-30(37)39-31(4,5)6)27(24-15-13-14-22(2)21-24)28(35)33-25-16-18-26(38-7)19-17-25/h13-19,21,23,27H,8-12,20H2,1-7H3,(H,32,37)(H,33,35). The van der Waals surface area contributed by atoms with Gasteiger partial charge in [-0.3, -0.25) is 9.59 Å². The lowest BCUT2D eigenvalue weighted by Crippen LogP contribution is -2.51. The number of nitrogens with zero attached hydrogens (tertiary/aromatic N) is 1. The van der Waals surface area contributed by atoms with Gasteiger partial charge in [0.15, 0.2) is 0 Å². The van der Waals surface area contributed by atoms with E-state index in [9.17, 15) is 14.4 Å². The monoisotopic (exact) mass is 539 g/mol. The van der Waals surface area contributed by atoms with E-state index in [1.165, 1.54) is 0 Å². The van der Waals surface area contributed by atoms with Crippen LogP contribution in [0.3, 0.4) is 0 Å². The summed E-state index contributed by atoms with van der Waals surface area (Å²) in [6.07, 6.45) is 4.27. The summed E-state index contributed by atoms with van der Waals surface area (Å²) in [6.45, 7) is 11.4. The molecule has 0 bridgehead atoms. The zero-order valence-electron chi connectivity index (χ0n) is 24.5. The van der Waals surface area contributed by atoms with Crippen LogP contribution in [0.1, 0.15) is 83.9 Å². The third kappa shape index (κ3) is 10.6. The van der Waals surface area contributed by atoms with Crippen molar-refractivity contribution in [2.75, 3.05) is 19.0 Å². The topological polar surface area (TPSA) is 97.0 Å². The van der Waals surface area contributed by atoms with E-state index in [0.29, 0.717) is 23.5 Å². The van der Waals surface area contributed by atoms with Crippen LogP contribution in [0.25, 0.3) is 0 Å². The second-order valence-electron chi connectivity index (χ2n) is 10.8. The predicted octanol–water partition coefficient (Wildman–Crippen LogP) is 6.40. The van der Waals surface area contributed by atoms with Gasteiger partial charge in [0.05, 0.1) is 7.11 Å². The number of carbonyl (C=O) groups excluding carboxylic acids is 3. The van der Waals surface area contributed by atoms with Gasteiger partial charge in [-0.15, -0.1) is 0 Å². The van der Waals surface area contributed by atoms with Gasteiger partial charge in [0, 0.05) is 12.2 Å². The molecule has 0 radical (unpaired) electrons. The average Bonchev–Trinajstić information content (AvgIpc) is 2.86. The van der Waals surface area contributed by atoms with Crippen molar-refractivity contribution < 1.29 is 23.9 Å². The van der Waals surface area contributed by atoms with Crippen LogP contribution in [0.5, 0.6) is 5.75 Å². The average molecular weight is 540 g/mol. The third-order valence-corrected chi connectivity index (χ3v) is 6.16. The van der Waals surface area contributed by atoms with Gasteiger partial charge >= 0.3 is 6.09 Å². The predicted molar refractivity (Wildman–Crippen MR) is 155 cm³/mol. The molecule has 0 heterocycles. The Bertz CT molecular complexity index is 1080. The van der Waals surface area contributed by atoms with E-state index >= 15 is 0 Å². The van der Waals surface area contributed by atoms with Crippen molar-refractivity contribution in [3.8, 4) is 5.75 Å². The van der Waals surface area contributed by atoms with Gasteiger partial charge < -0.3 is 25.0 Å². The summed E-state index contributed by atoms with van der Waals surface area (Å²) >= 11 is 0. The molecule has 0 aromatic heterocycles. The van der Waals surface area contributed by atoms with Crippen LogP contribution in [0.15, 0.2) is 48.5 Å². The first-order chi connectivity index (χ1) is 18.4. The molecule has 0 fully saturated rings. The Hall–Kier alpha value is -3.55. The van der Waals surface area contributed by atoms with Crippen LogP contribution < -0.4 is 15.4 Å². The van der Waals surface area contributed by atoms with E-state index in [-0.39, 0.29) is 11.8 Å². The molecular formula is C31H45N3O5. The summed E-state index contributed by atoms with van der Waals surface area (Å²) in [5, 5.41) is 5.62. The second kappa shape index (κ2) is 15.1. The van der Waals surface area contributed by atoms with Crippen molar-refractivity contribution in [3.05, 3.63) is 59.7 Å². The molecule has 8 nitrogen and oxygen atoms in total. The van der Waals surface area contributed by atoms with Crippen LogP contribution in [0, 0.1) is 6.92 Å². The molecule has 8 heteroatoms. The van der Waals surface area contributed by atoms with Crippen molar-refractivity contribution in [1.82, 2.24) is 10.2 Å². The second-order valence-corrected chi connectivity index (χ2v) is 10.8. The molecule has 2 rings (SSSR count). The number of unbranched alkanes of at least 4 members (excludes halogenated alkanes) is 4. The van der Waals surface area contributed by atoms with Crippen LogP contribution in [0.4, 0.5) is 10.5 Å². The Morgan fingerprint density at radius 3 is 2.23 bits per heavy atom. The maximum Gasteiger partial charge on any atom is 0.408 e. The zero-order chi connectivity index (χ0) is 29.0. The van der Waals surface area contributed by atoms with Crippen LogP contribution >= 0.6 is 0 Å². The van der Waals surface area contributed by atoms with Gasteiger partial charge in [0.25, 0.3) is 5.91 Å². The first kappa shape index (κ1) is 31.7. The normalized spacial score (nSPS) is 12.7. The summed E-state index contributed by atoms with van der Waals surface area (Å²) in [7, 11) is 1.58. The van der Waals surface area contributed by atoms with Gasteiger partial charge in [-0.25, -0.2) is 4.79 Å². The van der Waals surface area contributed by atoms with E-state index in [2.05, 4.69) is 17.6 Å². The maximum absolute atomic E-state index is 13.9. The van der Waals surface area contributed by atoms with Crippen LogP contribution in [-0.4, -0.2) is 48.1 Å². The maximum atomic E-state index is 13.9. The summed E-state index contributed by atoms with van der Waals surface area (Å²) in [5.41, 5.74) is 1.57. The molecule has 2 N–H and O–H groups in total. The Morgan fingerprint density at radius 2 is 1.64 bits per heavy atom. The van der Waals surface area contributed by atoms with Crippen molar-refractivity contribution in [2.45, 2.75) is 91.3 Å². The van der Waals surface area contributed by atoms with Crippen molar-refractivity contribution >= 4 is 23.6 Å². The molecule has 0 aliphatic rings. The molecule has 0 saturated heterocycles. The summed E-state index contributed by atoms with van der Waals surface area (Å²) < 4.78 is 10.6. The number of amides is 3. The molecule has 0 saturated carbocycles. The number of hydrogen-bond acceptors (Lipinski definition) is 5. The van der Waals surface area contributed by atoms with Crippen molar-refractivity contribution in [2.24, 2.45) is 0 Å². The number of ether oxygens (including phenoxy) is 2. The minimum absolute atomic E-state index is 0.336. The van der Waals surface area contributed by atoms with E-state index in [0.717, 1.165) is 37.7 Å². The van der Waals surface area contributed by atoms with Crippen molar-refractivity contribution in [1.29, 1.82) is 0 Å². The highest BCUT2D eigenvalue weighted by molar-refractivity contribution is 5.99. The fourth-order valence-corrected chi connectivity index (χ4v) is 4.25. The van der Waals surface area contributed by atoms with Gasteiger partial charge in [0.1, 0.15) is 23.4 Å². The number of nitrogens with one attached hydrogen (secondary N) is 2. The Kier molecular flexibility index (Phi) is 12.3. The highest BCUT2D eigenvalue weighted by Crippen LogP contribution is 2.26. The number of benzene rings is 2. The first-order valence-electron chi connectivity index (χ1n) is 13.8. The number of alkyl carbamates (subject to hydrolysis) is 1. The Balaban J connectivity index is 2.40. The molecule has 0 spiro atoms. The minimum Gasteiger partial charge on any atom is -0.497 e. The molecule has 3 amide bonds. The summed E-state index contributed by atoms with van der Waals surface area (Å²) in [6, 6.07) is 12.9. The molecule has 2 atom stereocenters. The molecule has 0 aliphatic carbocycles. The number of hydrogen-bond donors (Lipinski definition) is 2. The van der Waals surface area contributed by atoms with Crippen LogP contribution in [0.2, 0.25) is 0 Å². The fraction of sp³-hybridized carbons (Fsp3) is 0.516. The van der Waals surface area contributed by atoms with Crippen molar-refractivity contribution in [3.63, 3.8) is 0 Å². The lowest BCUT2D eigenvalue weighted by atomic mass is 10.00. The van der Waals surface area contributed by atoms with Gasteiger partial charge in [-0.05, 0) is 70.9 Å². The molecule has 39 heavy (non-hydrogen) atoms. The van der Waals surface area contributed by atoms with E-state index in [1.807, 2.05) is 31.2 Å². The largest absolute Gasteiger partial charge is 0.497 e. The number of anilines is 1. The third-order valence-electron chi connectivity index (χ3n) is 6.16. The molecule has 0 aliphatic heterocycles. The van der Waals surface area contributed by atoms with E-state index in [1.54, 1.807) is 64.0 Å². The lowest BCUT2D eigenvalue weighted by Gasteiger charge is -2.34. The Morgan fingerprint density at radius 1 is 0.974 bits per heavy atom. The molecule has 2 aromatic rings. The number of carbonyl (C=O) groups is 3. The molecule has 2 unspecified atom stereocenters. The summed E-state index contributed by atoms with van der Waals surface area (Å²) in [4.78, 5) is 41.7. The summed E-state index contributed by atoms with van der Waals surface area (Å²) in [5.74, 6) is -0.0148. The van der Waals surface area contributed by atoms with E-state index in [4.69, 9.17) is 9.47 Å². The molecule has 2 aromatic carbocycles. The molecular weight excluding hydrogens is 494 g/mol. The SMILES string of the molecule is CCCCCCCN(C(=O)C(C)NC(=O)OC(C)(C)C)C(C(=O)Nc1ccc(OC)cc1)c1cccc(C)c1. The smallest absolute Gasteiger partial charge is 0.408 e. The minimum atomic E-state index is -0.895. The number of aryl methyl sites for hydroxylation is 1. The molecule has 214 valence electrons. The highest BCUT2D eigenvalue weighted by Gasteiger charge is 2.34. The van der Waals surface area contributed by atoms with Gasteiger partial charge in [-0.1, -0.05) is 62.4 Å². The van der Waals surface area contributed by atoms with Crippen LogP contribution in [-0.2, 0) is 14.3 Å². The van der Waals surface area contributed by atoms with E-state index < -0.39 is 23.8 Å². The zero-order valence-corrected chi connectivity index (χ0v) is 24.5.